The minimum atomic E-state index is -1.37. The average molecular weight is 543 g/mol. The summed E-state index contributed by atoms with van der Waals surface area (Å²) in [6, 6.07) is 0. The van der Waals surface area contributed by atoms with E-state index in [1.165, 1.54) is 19.1 Å². The van der Waals surface area contributed by atoms with Gasteiger partial charge in [-0.05, 0) is 48.7 Å². The largest absolute Gasteiger partial charge is 1.00 e. The van der Waals surface area contributed by atoms with Crippen LogP contribution in [0.1, 0.15) is 73.1 Å². The van der Waals surface area contributed by atoms with Crippen LogP contribution in [0.3, 0.4) is 0 Å². The number of carbonyl (C=O) groups is 4. The van der Waals surface area contributed by atoms with E-state index in [4.69, 9.17) is 14.2 Å². The first kappa shape index (κ1) is 33.8. The second kappa shape index (κ2) is 14.8. The van der Waals surface area contributed by atoms with Crippen LogP contribution in [0, 0.1) is 22.7 Å². The number of ether oxygens (including phenoxy) is 3. The Morgan fingerprint density at radius 1 is 1.08 bits per heavy atom. The third-order valence-electron chi connectivity index (χ3n) is 7.87. The first-order valence-electron chi connectivity index (χ1n) is 12.6. The number of aliphatic carboxylic acids is 1. The number of hydrogen-bond donors (Lipinski definition) is 0. The zero-order valence-corrected chi connectivity index (χ0v) is 26.2. The number of carbonyl (C=O) groups excluding carboxylic acids is 4. The van der Waals surface area contributed by atoms with Crippen molar-refractivity contribution in [2.75, 3.05) is 13.2 Å². The van der Waals surface area contributed by atoms with Crippen molar-refractivity contribution in [1.29, 1.82) is 0 Å². The normalized spacial score (nSPS) is 29.6. The van der Waals surface area contributed by atoms with Crippen LogP contribution in [0.15, 0.2) is 36.0 Å². The zero-order chi connectivity index (χ0) is 27.1. The molecule has 1 unspecified atom stereocenters. The maximum absolute atomic E-state index is 12.2. The van der Waals surface area contributed by atoms with Gasteiger partial charge in [-0.1, -0.05) is 52.0 Å². The summed E-state index contributed by atoms with van der Waals surface area (Å²) in [4.78, 5) is 47.0. The molecule has 0 aromatic carbocycles. The van der Waals surface area contributed by atoms with Gasteiger partial charge in [0.05, 0.1) is 5.97 Å². The number of allylic oxidation sites excluding steroid dienone is 2. The van der Waals surface area contributed by atoms with E-state index >= 15 is 0 Å². The molecule has 0 saturated heterocycles. The molecule has 2 aliphatic rings. The van der Waals surface area contributed by atoms with Crippen molar-refractivity contribution in [3.05, 3.63) is 36.0 Å². The topological polar surface area (TPSA) is 119 Å². The first-order valence-corrected chi connectivity index (χ1v) is 12.6. The molecule has 0 bridgehead atoms. The molecule has 0 radical (unpaired) electrons. The molecular formula is C28H39KO8. The van der Waals surface area contributed by atoms with E-state index in [9.17, 15) is 24.3 Å². The Kier molecular flexibility index (Phi) is 13.5. The van der Waals surface area contributed by atoms with Crippen LogP contribution in [-0.2, 0) is 33.4 Å². The Labute approximate surface area is 262 Å². The van der Waals surface area contributed by atoms with E-state index in [0.29, 0.717) is 12.8 Å². The second-order valence-corrected chi connectivity index (χ2v) is 10.2. The number of carboxylic acids is 1. The summed E-state index contributed by atoms with van der Waals surface area (Å²) in [6.07, 6.45) is 7.55. The second-order valence-electron chi connectivity index (χ2n) is 10.2. The minimum absolute atomic E-state index is 0. The van der Waals surface area contributed by atoms with Gasteiger partial charge in [0.1, 0.15) is 19.3 Å². The van der Waals surface area contributed by atoms with Crippen LogP contribution in [-0.4, -0.2) is 43.2 Å². The predicted octanol–water partition coefficient (Wildman–Crippen LogP) is 0.450. The quantitative estimate of drug-likeness (QED) is 0.0975. The zero-order valence-electron chi connectivity index (χ0n) is 23.1. The van der Waals surface area contributed by atoms with Gasteiger partial charge in [0.2, 0.25) is 0 Å². The summed E-state index contributed by atoms with van der Waals surface area (Å²) in [5.41, 5.74) is -0.0430. The number of carboxylic acid groups (broad SMARTS) is 1. The molecular weight excluding hydrogens is 503 g/mol. The monoisotopic (exact) mass is 542 g/mol. The predicted molar refractivity (Wildman–Crippen MR) is 131 cm³/mol. The molecule has 0 spiro atoms. The summed E-state index contributed by atoms with van der Waals surface area (Å²) in [5, 5.41) is 11.7. The summed E-state index contributed by atoms with van der Waals surface area (Å²) in [5.74, 6) is -2.60. The van der Waals surface area contributed by atoms with E-state index in [1.807, 2.05) is 13.0 Å². The molecule has 0 aromatic heterocycles. The maximum Gasteiger partial charge on any atom is 1.00 e. The molecule has 0 aromatic rings. The smallest absolute Gasteiger partial charge is 0.545 e. The van der Waals surface area contributed by atoms with Gasteiger partial charge < -0.3 is 24.1 Å². The van der Waals surface area contributed by atoms with Gasteiger partial charge in [0.15, 0.2) is 0 Å². The van der Waals surface area contributed by atoms with Crippen LogP contribution in [0.2, 0.25) is 0 Å². The third kappa shape index (κ3) is 8.36. The Morgan fingerprint density at radius 2 is 1.73 bits per heavy atom. The molecule has 2 fully saturated rings. The van der Waals surface area contributed by atoms with E-state index in [-0.39, 0.29) is 112 Å². The van der Waals surface area contributed by atoms with Crippen LogP contribution in [0.4, 0.5) is 0 Å². The Morgan fingerprint density at radius 3 is 2.30 bits per heavy atom. The number of fused-ring (bicyclic) bond motifs is 1. The van der Waals surface area contributed by atoms with Crippen molar-refractivity contribution in [2.24, 2.45) is 22.7 Å². The van der Waals surface area contributed by atoms with Gasteiger partial charge in [-0.2, -0.15) is 0 Å². The Balaban J connectivity index is 0.00000684. The molecule has 9 heteroatoms. The van der Waals surface area contributed by atoms with Gasteiger partial charge in [-0.3, -0.25) is 14.4 Å². The molecule has 37 heavy (non-hydrogen) atoms. The van der Waals surface area contributed by atoms with Crippen LogP contribution in [0.25, 0.3) is 0 Å². The van der Waals surface area contributed by atoms with Gasteiger partial charge >= 0.3 is 69.3 Å². The molecule has 2 aliphatic carbocycles. The molecule has 0 amide bonds. The van der Waals surface area contributed by atoms with E-state index < -0.39 is 23.5 Å². The van der Waals surface area contributed by atoms with Crippen LogP contribution >= 0.6 is 0 Å². The van der Waals surface area contributed by atoms with Gasteiger partial charge in [0, 0.05) is 31.1 Å². The fourth-order valence-electron chi connectivity index (χ4n) is 5.90. The summed E-state index contributed by atoms with van der Waals surface area (Å²) < 4.78 is 16.3. The fourth-order valence-corrected chi connectivity index (χ4v) is 5.90. The third-order valence-corrected chi connectivity index (χ3v) is 7.87. The SMILES string of the molecule is C=C1CCC2[C@](C)(COC(=O)CC)[C@H](OC(=O)CC)CC[C@@]2(C)[C@@H]1/C=C/C(=C\COC(C)=O)C(=O)[O-].[K+]. The van der Waals surface area contributed by atoms with Crippen molar-refractivity contribution in [1.82, 2.24) is 0 Å². The van der Waals surface area contributed by atoms with Crippen LogP contribution in [0.5, 0.6) is 0 Å². The number of hydrogen-bond acceptors (Lipinski definition) is 8. The molecule has 8 nitrogen and oxygen atoms in total. The summed E-state index contributed by atoms with van der Waals surface area (Å²) in [7, 11) is 0. The molecule has 200 valence electrons. The van der Waals surface area contributed by atoms with E-state index in [2.05, 4.69) is 13.5 Å². The minimum Gasteiger partial charge on any atom is -0.545 e. The Hall–Kier alpha value is -1.26. The average Bonchev–Trinajstić information content (AvgIpc) is 2.82. The number of esters is 3. The molecule has 0 heterocycles. The van der Waals surface area contributed by atoms with Crippen molar-refractivity contribution in [2.45, 2.75) is 79.2 Å². The van der Waals surface area contributed by atoms with Gasteiger partial charge in [0.25, 0.3) is 0 Å². The summed E-state index contributed by atoms with van der Waals surface area (Å²) >= 11 is 0. The Bertz CT molecular complexity index is 938. The van der Waals surface area contributed by atoms with Crippen molar-refractivity contribution in [3.8, 4) is 0 Å². The van der Waals surface area contributed by atoms with E-state index in [1.54, 1.807) is 13.8 Å². The maximum atomic E-state index is 12.2. The molecule has 0 N–H and O–H groups in total. The standard InChI is InChI=1S/C28H40O8.K/c1-7-24(30)35-17-28(6)22-12-9-18(3)21(11-10-20(26(32)33)14-16-34-19(4)29)27(22,5)15-13-23(28)36-25(31)8-2;/h10-11,14,21-23H,3,7-9,12-13,15-17H2,1-2,4-6H3,(H,32,33);/q;+1/p-1/b11-10+,20-14+;/t21-,22?,23-,27+,28+;/m1./s1. The first-order chi connectivity index (χ1) is 16.9. The van der Waals surface area contributed by atoms with Gasteiger partial charge in [-0.25, -0.2) is 0 Å². The fraction of sp³-hybridized carbons (Fsp3) is 0.643. The van der Waals surface area contributed by atoms with E-state index in [0.717, 1.165) is 18.4 Å². The molecule has 0 aliphatic heterocycles. The molecule has 2 rings (SSSR count). The van der Waals surface area contributed by atoms with Crippen molar-refractivity contribution in [3.63, 3.8) is 0 Å². The van der Waals surface area contributed by atoms with Gasteiger partial charge in [-0.15, -0.1) is 0 Å². The van der Waals surface area contributed by atoms with Crippen molar-refractivity contribution >= 4 is 23.9 Å². The van der Waals surface area contributed by atoms with Crippen molar-refractivity contribution < 1.29 is 89.9 Å². The van der Waals surface area contributed by atoms with Crippen LogP contribution < -0.4 is 56.5 Å². The molecule has 2 saturated carbocycles. The molecule has 5 atom stereocenters. The summed E-state index contributed by atoms with van der Waals surface area (Å²) in [6.45, 7) is 13.2. The number of rotatable bonds is 10.